The lowest BCUT2D eigenvalue weighted by Crippen LogP contribution is -2.38. The van der Waals surface area contributed by atoms with Crippen molar-refractivity contribution in [1.29, 1.82) is 0 Å². The minimum Gasteiger partial charge on any atom is -0.492 e. The predicted molar refractivity (Wildman–Crippen MR) is 74.2 cm³/mol. The standard InChI is InChI=1S/C13H21NO4S/c1-3-8-14-11(9-15)10-18-12-4-6-13(7-5-12)19(2,16)17/h4-7,11,14-15H,3,8-10H2,1-2H3. The molecule has 0 fully saturated rings. The summed E-state index contributed by atoms with van der Waals surface area (Å²) in [6.07, 6.45) is 2.15. The lowest BCUT2D eigenvalue weighted by molar-refractivity contribution is 0.183. The van der Waals surface area contributed by atoms with Crippen LogP contribution in [-0.2, 0) is 9.84 Å². The van der Waals surface area contributed by atoms with E-state index in [9.17, 15) is 8.42 Å². The summed E-state index contributed by atoms with van der Waals surface area (Å²) in [6.45, 7) is 3.21. The van der Waals surface area contributed by atoms with E-state index in [1.165, 1.54) is 18.4 Å². The predicted octanol–water partition coefficient (Wildman–Crippen LogP) is 0.829. The Hall–Kier alpha value is -1.11. The van der Waals surface area contributed by atoms with E-state index in [1.54, 1.807) is 12.1 Å². The minimum absolute atomic E-state index is 0.00141. The summed E-state index contributed by atoms with van der Waals surface area (Å²) in [4.78, 5) is 0.266. The van der Waals surface area contributed by atoms with Gasteiger partial charge < -0.3 is 15.2 Å². The van der Waals surface area contributed by atoms with Crippen molar-refractivity contribution in [3.63, 3.8) is 0 Å². The summed E-state index contributed by atoms with van der Waals surface area (Å²) in [5, 5.41) is 12.3. The molecule has 1 atom stereocenters. The number of hydrogen-bond donors (Lipinski definition) is 2. The van der Waals surface area contributed by atoms with Crippen molar-refractivity contribution in [3.8, 4) is 5.75 Å². The van der Waals surface area contributed by atoms with Crippen molar-refractivity contribution in [3.05, 3.63) is 24.3 Å². The van der Waals surface area contributed by atoms with Crippen molar-refractivity contribution in [1.82, 2.24) is 5.32 Å². The van der Waals surface area contributed by atoms with Gasteiger partial charge in [-0.2, -0.15) is 0 Å². The third-order valence-corrected chi connectivity index (χ3v) is 3.73. The van der Waals surface area contributed by atoms with E-state index in [4.69, 9.17) is 9.84 Å². The van der Waals surface area contributed by atoms with Crippen molar-refractivity contribution >= 4 is 9.84 Å². The first kappa shape index (κ1) is 15.9. The van der Waals surface area contributed by atoms with Gasteiger partial charge in [0.2, 0.25) is 0 Å². The first-order valence-corrected chi connectivity index (χ1v) is 8.13. The number of nitrogens with one attached hydrogen (secondary N) is 1. The van der Waals surface area contributed by atoms with Gasteiger partial charge in [0.25, 0.3) is 0 Å². The second-order valence-corrected chi connectivity index (χ2v) is 6.40. The zero-order chi connectivity index (χ0) is 14.3. The number of ether oxygens (including phenoxy) is 1. The topological polar surface area (TPSA) is 75.6 Å². The van der Waals surface area contributed by atoms with E-state index >= 15 is 0 Å². The maximum absolute atomic E-state index is 11.3. The Bertz CT molecular complexity index is 470. The molecule has 0 saturated carbocycles. The van der Waals surface area contributed by atoms with Gasteiger partial charge in [0.1, 0.15) is 12.4 Å². The molecule has 1 unspecified atom stereocenters. The monoisotopic (exact) mass is 287 g/mol. The molecule has 0 aliphatic rings. The molecule has 1 rings (SSSR count). The van der Waals surface area contributed by atoms with E-state index in [0.717, 1.165) is 13.0 Å². The fourth-order valence-corrected chi connectivity index (χ4v) is 2.13. The molecule has 1 aromatic rings. The van der Waals surface area contributed by atoms with Crippen molar-refractivity contribution < 1.29 is 18.3 Å². The molecule has 0 aliphatic carbocycles. The number of aliphatic hydroxyl groups excluding tert-OH is 1. The third kappa shape index (κ3) is 5.59. The normalized spacial score (nSPS) is 13.2. The van der Waals surface area contributed by atoms with Crippen molar-refractivity contribution in [2.75, 3.05) is 26.0 Å². The Morgan fingerprint density at radius 3 is 2.42 bits per heavy atom. The fraction of sp³-hybridized carbons (Fsp3) is 0.538. The Balaban J connectivity index is 2.53. The molecule has 108 valence electrons. The first-order chi connectivity index (χ1) is 8.97. The summed E-state index contributed by atoms with van der Waals surface area (Å²) in [7, 11) is -3.18. The van der Waals surface area contributed by atoms with Crippen LogP contribution < -0.4 is 10.1 Å². The minimum atomic E-state index is -3.18. The van der Waals surface area contributed by atoms with Crippen LogP contribution in [-0.4, -0.2) is 45.6 Å². The molecule has 0 saturated heterocycles. The van der Waals surface area contributed by atoms with Gasteiger partial charge >= 0.3 is 0 Å². The van der Waals surface area contributed by atoms with Crippen LogP contribution in [0.15, 0.2) is 29.2 Å². The third-order valence-electron chi connectivity index (χ3n) is 2.61. The number of benzene rings is 1. The maximum Gasteiger partial charge on any atom is 0.175 e. The summed E-state index contributed by atoms with van der Waals surface area (Å²) in [5.74, 6) is 0.587. The van der Waals surface area contributed by atoms with Gasteiger partial charge in [-0.3, -0.25) is 0 Å². The van der Waals surface area contributed by atoms with E-state index in [2.05, 4.69) is 5.32 Å². The van der Waals surface area contributed by atoms with Gasteiger partial charge in [-0.15, -0.1) is 0 Å². The zero-order valence-corrected chi connectivity index (χ0v) is 12.1. The zero-order valence-electron chi connectivity index (χ0n) is 11.3. The quantitative estimate of drug-likeness (QED) is 0.740. The highest BCUT2D eigenvalue weighted by Gasteiger charge is 2.09. The second-order valence-electron chi connectivity index (χ2n) is 4.39. The summed E-state index contributed by atoms with van der Waals surface area (Å²) >= 11 is 0. The second kappa shape index (κ2) is 7.47. The fourth-order valence-electron chi connectivity index (χ4n) is 1.50. The molecule has 0 radical (unpaired) electrons. The van der Waals surface area contributed by atoms with E-state index in [0.29, 0.717) is 12.4 Å². The molecule has 19 heavy (non-hydrogen) atoms. The number of hydrogen-bond acceptors (Lipinski definition) is 5. The largest absolute Gasteiger partial charge is 0.492 e. The van der Waals surface area contributed by atoms with Crippen LogP contribution in [0.2, 0.25) is 0 Å². The number of rotatable bonds is 8. The van der Waals surface area contributed by atoms with Gasteiger partial charge in [-0.05, 0) is 37.2 Å². The molecule has 5 nitrogen and oxygen atoms in total. The van der Waals surface area contributed by atoms with Crippen LogP contribution >= 0.6 is 0 Å². The average molecular weight is 287 g/mol. The summed E-state index contributed by atoms with van der Waals surface area (Å²) in [6, 6.07) is 6.14. The van der Waals surface area contributed by atoms with Gasteiger partial charge in [0, 0.05) is 6.26 Å². The Morgan fingerprint density at radius 2 is 1.95 bits per heavy atom. The van der Waals surface area contributed by atoms with Crippen LogP contribution in [0.1, 0.15) is 13.3 Å². The first-order valence-electron chi connectivity index (χ1n) is 6.24. The van der Waals surface area contributed by atoms with Crippen LogP contribution in [0.25, 0.3) is 0 Å². The Morgan fingerprint density at radius 1 is 1.32 bits per heavy atom. The van der Waals surface area contributed by atoms with Crippen LogP contribution in [0, 0.1) is 0 Å². The lowest BCUT2D eigenvalue weighted by atomic mass is 10.3. The van der Waals surface area contributed by atoms with Crippen LogP contribution in [0.3, 0.4) is 0 Å². The highest BCUT2D eigenvalue weighted by atomic mass is 32.2. The average Bonchev–Trinajstić information content (AvgIpc) is 2.38. The van der Waals surface area contributed by atoms with Gasteiger partial charge in [0.05, 0.1) is 17.5 Å². The highest BCUT2D eigenvalue weighted by Crippen LogP contribution is 2.15. The molecule has 0 spiro atoms. The maximum atomic E-state index is 11.3. The smallest absolute Gasteiger partial charge is 0.175 e. The van der Waals surface area contributed by atoms with Gasteiger partial charge in [-0.25, -0.2) is 8.42 Å². The molecule has 0 bridgehead atoms. The van der Waals surface area contributed by atoms with Gasteiger partial charge in [-0.1, -0.05) is 6.92 Å². The molecule has 1 aromatic carbocycles. The van der Waals surface area contributed by atoms with Crippen LogP contribution in [0.5, 0.6) is 5.75 Å². The van der Waals surface area contributed by atoms with Crippen molar-refractivity contribution in [2.45, 2.75) is 24.3 Å². The molecule has 0 amide bonds. The van der Waals surface area contributed by atoms with E-state index in [-0.39, 0.29) is 17.5 Å². The van der Waals surface area contributed by atoms with Crippen molar-refractivity contribution in [2.24, 2.45) is 0 Å². The Kier molecular flexibility index (Phi) is 6.27. The molecule has 2 N–H and O–H groups in total. The summed E-state index contributed by atoms with van der Waals surface area (Å²) in [5.41, 5.74) is 0. The molecular formula is C13H21NO4S. The summed E-state index contributed by atoms with van der Waals surface area (Å²) < 4.78 is 28.1. The Labute approximate surface area is 114 Å². The van der Waals surface area contributed by atoms with E-state index in [1.807, 2.05) is 6.92 Å². The number of aliphatic hydroxyl groups is 1. The van der Waals surface area contributed by atoms with Gasteiger partial charge in [0.15, 0.2) is 9.84 Å². The number of sulfone groups is 1. The molecule has 0 aromatic heterocycles. The van der Waals surface area contributed by atoms with Crippen LogP contribution in [0.4, 0.5) is 0 Å². The lowest BCUT2D eigenvalue weighted by Gasteiger charge is -2.16. The molecule has 6 heteroatoms. The molecule has 0 aliphatic heterocycles. The highest BCUT2D eigenvalue weighted by molar-refractivity contribution is 7.90. The molecular weight excluding hydrogens is 266 g/mol. The van der Waals surface area contributed by atoms with E-state index < -0.39 is 9.84 Å². The molecule has 0 heterocycles. The SMILES string of the molecule is CCCNC(CO)COc1ccc(S(C)(=O)=O)cc1.